The van der Waals surface area contributed by atoms with Gasteiger partial charge in [0.2, 0.25) is 0 Å². The van der Waals surface area contributed by atoms with Gasteiger partial charge in [-0.15, -0.1) is 8.78 Å². The summed E-state index contributed by atoms with van der Waals surface area (Å²) in [5.74, 6) is 1.29. The number of rotatable bonds is 6. The van der Waals surface area contributed by atoms with E-state index in [1.54, 1.807) is 25.4 Å². The zero-order valence-electron chi connectivity index (χ0n) is 15.1. The number of methoxy groups -OCH3 is 1. The van der Waals surface area contributed by atoms with Gasteiger partial charge in [-0.2, -0.15) is 0 Å². The lowest BCUT2D eigenvalue weighted by Gasteiger charge is -2.13. The van der Waals surface area contributed by atoms with Gasteiger partial charge in [-0.05, 0) is 42.3 Å². The lowest BCUT2D eigenvalue weighted by molar-refractivity contribution is -0.286. The van der Waals surface area contributed by atoms with E-state index < -0.39 is 6.29 Å². The Morgan fingerprint density at radius 1 is 1.11 bits per heavy atom. The molecule has 1 aliphatic rings. The molecule has 1 aromatic heterocycles. The molecule has 0 saturated carbocycles. The molecule has 0 spiro atoms. The van der Waals surface area contributed by atoms with Crippen molar-refractivity contribution in [1.82, 2.24) is 9.55 Å². The van der Waals surface area contributed by atoms with E-state index in [9.17, 15) is 8.78 Å². The average Bonchev–Trinajstić information content (AvgIpc) is 3.27. The molecule has 0 radical (unpaired) electrons. The van der Waals surface area contributed by atoms with Crippen LogP contribution in [0.5, 0.6) is 17.2 Å². The monoisotopic (exact) mass is 388 g/mol. The van der Waals surface area contributed by atoms with Crippen LogP contribution in [0.3, 0.4) is 0 Å². The normalized spacial score (nSPS) is 14.3. The van der Waals surface area contributed by atoms with Crippen LogP contribution in [0.1, 0.15) is 6.42 Å². The summed E-state index contributed by atoms with van der Waals surface area (Å²) >= 11 is 0. The Hall–Kier alpha value is -3.13. The number of aliphatic hydroxyl groups is 1. The molecule has 28 heavy (non-hydrogen) atoms. The van der Waals surface area contributed by atoms with Crippen molar-refractivity contribution in [2.24, 2.45) is 0 Å². The highest BCUT2D eigenvalue weighted by Crippen LogP contribution is 2.44. The number of fused-ring (bicyclic) bond motifs is 1. The Morgan fingerprint density at radius 3 is 2.68 bits per heavy atom. The topological polar surface area (TPSA) is 65.7 Å². The molecule has 2 heterocycles. The maximum absolute atomic E-state index is 13.3. The molecule has 146 valence electrons. The maximum Gasteiger partial charge on any atom is 0.586 e. The van der Waals surface area contributed by atoms with Gasteiger partial charge in [0.25, 0.3) is 0 Å². The van der Waals surface area contributed by atoms with Crippen LogP contribution in [0.15, 0.2) is 48.8 Å². The van der Waals surface area contributed by atoms with Gasteiger partial charge in [-0.25, -0.2) is 4.98 Å². The Labute approximate surface area is 159 Å². The van der Waals surface area contributed by atoms with Crippen molar-refractivity contribution in [1.29, 1.82) is 0 Å². The Morgan fingerprint density at radius 2 is 1.89 bits per heavy atom. The van der Waals surface area contributed by atoms with Gasteiger partial charge >= 0.3 is 6.29 Å². The SMILES string of the molecule is COc1ccc(-c2nccn2CCCO)cc1-c1ccc2c(c1)OC(F)(F)O2. The molecule has 0 saturated heterocycles. The summed E-state index contributed by atoms with van der Waals surface area (Å²) in [4.78, 5) is 4.40. The van der Waals surface area contributed by atoms with Gasteiger partial charge in [0.15, 0.2) is 11.5 Å². The zero-order valence-corrected chi connectivity index (χ0v) is 15.1. The minimum absolute atomic E-state index is 0.0107. The van der Waals surface area contributed by atoms with E-state index in [0.717, 1.165) is 11.4 Å². The lowest BCUT2D eigenvalue weighted by Crippen LogP contribution is -2.25. The van der Waals surface area contributed by atoms with Gasteiger partial charge in [-0.3, -0.25) is 0 Å². The zero-order chi connectivity index (χ0) is 19.7. The second-order valence-electron chi connectivity index (χ2n) is 6.27. The van der Waals surface area contributed by atoms with E-state index in [2.05, 4.69) is 14.5 Å². The summed E-state index contributed by atoms with van der Waals surface area (Å²) in [6, 6.07) is 10.2. The van der Waals surface area contributed by atoms with Crippen LogP contribution in [-0.4, -0.2) is 34.7 Å². The highest BCUT2D eigenvalue weighted by Gasteiger charge is 2.43. The van der Waals surface area contributed by atoms with E-state index >= 15 is 0 Å². The molecule has 0 aliphatic carbocycles. The van der Waals surface area contributed by atoms with Crippen LogP contribution in [0.25, 0.3) is 22.5 Å². The number of hydrogen-bond donors (Lipinski definition) is 1. The Bertz CT molecular complexity index is 1000. The number of ether oxygens (including phenoxy) is 3. The fourth-order valence-electron chi connectivity index (χ4n) is 3.18. The van der Waals surface area contributed by atoms with Crippen LogP contribution in [0.2, 0.25) is 0 Å². The van der Waals surface area contributed by atoms with E-state index in [-0.39, 0.29) is 18.1 Å². The molecule has 0 fully saturated rings. The molecular weight excluding hydrogens is 370 g/mol. The molecule has 6 nitrogen and oxygen atoms in total. The van der Waals surface area contributed by atoms with E-state index in [4.69, 9.17) is 9.84 Å². The number of aliphatic hydroxyl groups excluding tert-OH is 1. The third-order valence-electron chi connectivity index (χ3n) is 4.44. The summed E-state index contributed by atoms with van der Waals surface area (Å²) in [6.45, 7) is 0.722. The Balaban J connectivity index is 1.74. The Kier molecular flexibility index (Phi) is 4.64. The molecule has 4 rings (SSSR count). The molecule has 0 unspecified atom stereocenters. The van der Waals surface area contributed by atoms with Crippen molar-refractivity contribution in [2.75, 3.05) is 13.7 Å². The van der Waals surface area contributed by atoms with Gasteiger partial charge in [0.1, 0.15) is 11.6 Å². The number of nitrogens with zero attached hydrogens (tertiary/aromatic N) is 2. The van der Waals surface area contributed by atoms with Gasteiger partial charge in [0, 0.05) is 36.7 Å². The summed E-state index contributed by atoms with van der Waals surface area (Å²) in [6.07, 6.45) is 0.490. The molecule has 3 aromatic rings. The number of hydrogen-bond acceptors (Lipinski definition) is 5. The van der Waals surface area contributed by atoms with Crippen LogP contribution < -0.4 is 14.2 Å². The second kappa shape index (κ2) is 7.12. The molecule has 1 N–H and O–H groups in total. The number of aryl methyl sites for hydroxylation is 1. The fraction of sp³-hybridized carbons (Fsp3) is 0.250. The predicted molar refractivity (Wildman–Crippen MR) is 97.6 cm³/mol. The third kappa shape index (κ3) is 3.38. The predicted octanol–water partition coefficient (Wildman–Crippen LogP) is 3.93. The molecule has 2 aromatic carbocycles. The van der Waals surface area contributed by atoms with Gasteiger partial charge in [0.05, 0.1) is 7.11 Å². The second-order valence-corrected chi connectivity index (χ2v) is 6.27. The number of halogens is 2. The summed E-state index contributed by atoms with van der Waals surface area (Å²) in [7, 11) is 1.54. The van der Waals surface area contributed by atoms with Crippen molar-refractivity contribution >= 4 is 0 Å². The third-order valence-corrected chi connectivity index (χ3v) is 4.44. The molecule has 0 bridgehead atoms. The summed E-state index contributed by atoms with van der Waals surface area (Å²) in [5, 5.41) is 9.08. The van der Waals surface area contributed by atoms with Crippen LogP contribution in [0, 0.1) is 0 Å². The maximum atomic E-state index is 13.3. The number of imidazole rings is 1. The highest BCUT2D eigenvalue weighted by molar-refractivity contribution is 5.77. The molecule has 8 heteroatoms. The molecular formula is C20H18F2N2O4. The van der Waals surface area contributed by atoms with Gasteiger partial charge in [-0.1, -0.05) is 6.07 Å². The van der Waals surface area contributed by atoms with Crippen molar-refractivity contribution in [3.63, 3.8) is 0 Å². The molecule has 0 amide bonds. The fourth-order valence-corrected chi connectivity index (χ4v) is 3.18. The number of aromatic nitrogens is 2. The number of alkyl halides is 2. The smallest absolute Gasteiger partial charge is 0.496 e. The van der Waals surface area contributed by atoms with Crippen molar-refractivity contribution < 1.29 is 28.1 Å². The van der Waals surface area contributed by atoms with Crippen molar-refractivity contribution in [3.05, 3.63) is 48.8 Å². The standard InChI is InChI=1S/C20H18F2N2O4/c1-26-16-5-4-14(19-23-7-9-24(19)8-2-10-25)11-15(16)13-3-6-17-18(12-13)28-20(21,22)27-17/h3-7,9,11-12,25H,2,8,10H2,1H3. The minimum Gasteiger partial charge on any atom is -0.496 e. The summed E-state index contributed by atoms with van der Waals surface area (Å²) in [5.41, 5.74) is 2.19. The molecule has 1 aliphatic heterocycles. The van der Waals surface area contributed by atoms with Crippen LogP contribution in [0.4, 0.5) is 8.78 Å². The summed E-state index contributed by atoms with van der Waals surface area (Å²) < 4.78 is 43.0. The first-order chi connectivity index (χ1) is 13.5. The van der Waals surface area contributed by atoms with Crippen molar-refractivity contribution in [2.45, 2.75) is 19.3 Å². The lowest BCUT2D eigenvalue weighted by atomic mass is 10.0. The largest absolute Gasteiger partial charge is 0.586 e. The minimum atomic E-state index is -3.66. The first kappa shape index (κ1) is 18.2. The highest BCUT2D eigenvalue weighted by atomic mass is 19.3. The van der Waals surface area contributed by atoms with Crippen LogP contribution in [-0.2, 0) is 6.54 Å². The van der Waals surface area contributed by atoms with E-state index in [1.165, 1.54) is 12.1 Å². The first-order valence-electron chi connectivity index (χ1n) is 8.71. The van der Waals surface area contributed by atoms with Crippen LogP contribution >= 0.6 is 0 Å². The molecule has 0 atom stereocenters. The van der Waals surface area contributed by atoms with E-state index in [1.807, 2.05) is 22.9 Å². The number of benzene rings is 2. The first-order valence-corrected chi connectivity index (χ1v) is 8.71. The quantitative estimate of drug-likeness (QED) is 0.693. The van der Waals surface area contributed by atoms with Crippen molar-refractivity contribution in [3.8, 4) is 39.8 Å². The van der Waals surface area contributed by atoms with Gasteiger partial charge < -0.3 is 23.9 Å². The van der Waals surface area contributed by atoms with E-state index in [0.29, 0.717) is 29.8 Å². The average molecular weight is 388 g/mol.